The molecule has 2 heterocycles. The monoisotopic (exact) mass is 343 g/mol. The molecule has 126 valence electrons. The molecule has 3 rings (SSSR count). The Morgan fingerprint density at radius 3 is 2.62 bits per heavy atom. The summed E-state index contributed by atoms with van der Waals surface area (Å²) in [6.45, 7) is 1.89. The molecular formula is C18H21N3O2S. The van der Waals surface area contributed by atoms with Crippen LogP contribution in [-0.2, 0) is 11.2 Å². The first-order valence-corrected chi connectivity index (χ1v) is 9.17. The van der Waals surface area contributed by atoms with Crippen molar-refractivity contribution in [2.75, 3.05) is 19.6 Å². The molecule has 1 aliphatic heterocycles. The second-order valence-corrected chi connectivity index (χ2v) is 6.67. The lowest BCUT2D eigenvalue weighted by Crippen LogP contribution is -2.43. The van der Waals surface area contributed by atoms with Crippen molar-refractivity contribution in [1.29, 1.82) is 0 Å². The van der Waals surface area contributed by atoms with Crippen molar-refractivity contribution >= 4 is 23.2 Å². The third-order valence-corrected chi connectivity index (χ3v) is 4.97. The van der Waals surface area contributed by atoms with Gasteiger partial charge in [-0.15, -0.1) is 11.3 Å². The molecule has 2 amide bonds. The molecule has 24 heavy (non-hydrogen) atoms. The van der Waals surface area contributed by atoms with E-state index in [1.807, 2.05) is 40.6 Å². The normalized spacial score (nSPS) is 15.2. The highest BCUT2D eigenvalue weighted by Crippen LogP contribution is 2.19. The summed E-state index contributed by atoms with van der Waals surface area (Å²) < 4.78 is 0. The molecule has 2 aromatic rings. The summed E-state index contributed by atoms with van der Waals surface area (Å²) in [5.41, 5.74) is 3.53. The van der Waals surface area contributed by atoms with Gasteiger partial charge in [0.1, 0.15) is 0 Å². The van der Waals surface area contributed by atoms with Gasteiger partial charge in [0.05, 0.1) is 11.2 Å². The number of hydrogen-bond donors (Lipinski definition) is 1. The Labute approximate surface area is 145 Å². The van der Waals surface area contributed by atoms with Gasteiger partial charge in [0, 0.05) is 42.9 Å². The van der Waals surface area contributed by atoms with Crippen LogP contribution < -0.4 is 5.32 Å². The fourth-order valence-electron chi connectivity index (χ4n) is 2.93. The average molecular weight is 343 g/mol. The Kier molecular flexibility index (Phi) is 5.59. The van der Waals surface area contributed by atoms with Crippen LogP contribution >= 0.6 is 11.3 Å². The van der Waals surface area contributed by atoms with Crippen molar-refractivity contribution < 1.29 is 9.59 Å². The number of thiazole rings is 1. The van der Waals surface area contributed by atoms with Crippen LogP contribution in [0, 0.1) is 5.92 Å². The molecule has 0 saturated carbocycles. The van der Waals surface area contributed by atoms with E-state index in [4.69, 9.17) is 0 Å². The van der Waals surface area contributed by atoms with Crippen molar-refractivity contribution in [3.8, 4) is 0 Å². The molecule has 1 aromatic carbocycles. The van der Waals surface area contributed by atoms with Crippen LogP contribution in [0.1, 0.15) is 28.9 Å². The number of nitrogens with one attached hydrogen (secondary N) is 1. The first kappa shape index (κ1) is 16.6. The van der Waals surface area contributed by atoms with Crippen LogP contribution in [-0.4, -0.2) is 41.3 Å². The lowest BCUT2D eigenvalue weighted by Gasteiger charge is -2.31. The molecule has 0 spiro atoms. The van der Waals surface area contributed by atoms with E-state index in [0.29, 0.717) is 25.2 Å². The molecule has 1 saturated heterocycles. The molecule has 0 radical (unpaired) electrons. The summed E-state index contributed by atoms with van der Waals surface area (Å²) in [5, 5.41) is 4.99. The van der Waals surface area contributed by atoms with Gasteiger partial charge in [-0.2, -0.15) is 0 Å². The zero-order chi connectivity index (χ0) is 16.8. The summed E-state index contributed by atoms with van der Waals surface area (Å²) in [6.07, 6.45) is 2.21. The number of nitrogens with zero attached hydrogens (tertiary/aromatic N) is 2. The number of hydrogen-bond acceptors (Lipinski definition) is 4. The van der Waals surface area contributed by atoms with E-state index in [-0.39, 0.29) is 17.7 Å². The highest BCUT2D eigenvalue weighted by Gasteiger charge is 2.27. The van der Waals surface area contributed by atoms with Gasteiger partial charge in [-0.1, -0.05) is 18.2 Å². The van der Waals surface area contributed by atoms with E-state index in [9.17, 15) is 9.59 Å². The minimum absolute atomic E-state index is 0.000238. The van der Waals surface area contributed by atoms with Gasteiger partial charge in [0.15, 0.2) is 0 Å². The van der Waals surface area contributed by atoms with Crippen molar-refractivity contribution in [1.82, 2.24) is 15.2 Å². The summed E-state index contributed by atoms with van der Waals surface area (Å²) in [5.74, 6) is 0.148. The molecule has 0 aliphatic carbocycles. The number of carbonyl (C=O) groups is 2. The predicted molar refractivity (Wildman–Crippen MR) is 93.9 cm³/mol. The standard InChI is InChI=1S/C18H21N3O2S/c22-17(19-9-6-16-12-24-13-20-16)14-7-10-21(11-8-14)18(23)15-4-2-1-3-5-15/h1-5,12-14H,6-11H2,(H,19,22). The van der Waals surface area contributed by atoms with E-state index in [1.54, 1.807) is 16.8 Å². The topological polar surface area (TPSA) is 62.3 Å². The number of rotatable bonds is 5. The van der Waals surface area contributed by atoms with Crippen molar-refractivity contribution in [3.05, 3.63) is 52.5 Å². The first-order valence-electron chi connectivity index (χ1n) is 8.23. The molecule has 1 aliphatic rings. The van der Waals surface area contributed by atoms with Crippen LogP contribution in [0.15, 0.2) is 41.2 Å². The number of piperidine rings is 1. The molecule has 1 aromatic heterocycles. The fraction of sp³-hybridized carbons (Fsp3) is 0.389. The zero-order valence-electron chi connectivity index (χ0n) is 13.5. The van der Waals surface area contributed by atoms with Gasteiger partial charge in [-0.25, -0.2) is 4.98 Å². The maximum atomic E-state index is 12.4. The second-order valence-electron chi connectivity index (χ2n) is 5.95. The Morgan fingerprint density at radius 2 is 1.96 bits per heavy atom. The van der Waals surface area contributed by atoms with E-state index >= 15 is 0 Å². The summed E-state index contributed by atoms with van der Waals surface area (Å²) in [4.78, 5) is 30.7. The number of likely N-dealkylation sites (tertiary alicyclic amines) is 1. The predicted octanol–water partition coefficient (Wildman–Crippen LogP) is 2.35. The first-order chi connectivity index (χ1) is 11.7. The Balaban J connectivity index is 1.43. The van der Waals surface area contributed by atoms with Crippen LogP contribution in [0.5, 0.6) is 0 Å². The number of carbonyl (C=O) groups excluding carboxylic acids is 2. The average Bonchev–Trinajstić information content (AvgIpc) is 3.15. The van der Waals surface area contributed by atoms with Gasteiger partial charge in [-0.05, 0) is 25.0 Å². The second kappa shape index (κ2) is 8.06. The van der Waals surface area contributed by atoms with Gasteiger partial charge < -0.3 is 10.2 Å². The van der Waals surface area contributed by atoms with Crippen molar-refractivity contribution in [3.63, 3.8) is 0 Å². The van der Waals surface area contributed by atoms with E-state index in [0.717, 1.165) is 25.0 Å². The SMILES string of the molecule is O=C(NCCc1cscn1)C1CCN(C(=O)c2ccccc2)CC1. The summed E-state index contributed by atoms with van der Waals surface area (Å²) in [7, 11) is 0. The lowest BCUT2D eigenvalue weighted by atomic mass is 9.95. The highest BCUT2D eigenvalue weighted by atomic mass is 32.1. The minimum Gasteiger partial charge on any atom is -0.355 e. The number of aromatic nitrogens is 1. The van der Waals surface area contributed by atoms with Gasteiger partial charge >= 0.3 is 0 Å². The summed E-state index contributed by atoms with van der Waals surface area (Å²) >= 11 is 1.57. The Bertz CT molecular complexity index is 665. The van der Waals surface area contributed by atoms with Crippen LogP contribution in [0.2, 0.25) is 0 Å². The zero-order valence-corrected chi connectivity index (χ0v) is 14.3. The maximum Gasteiger partial charge on any atom is 0.253 e. The molecular weight excluding hydrogens is 322 g/mol. The lowest BCUT2D eigenvalue weighted by molar-refractivity contribution is -0.126. The molecule has 0 unspecified atom stereocenters. The maximum absolute atomic E-state index is 12.4. The minimum atomic E-state index is 0.000238. The third-order valence-electron chi connectivity index (χ3n) is 4.34. The largest absolute Gasteiger partial charge is 0.355 e. The molecule has 5 nitrogen and oxygen atoms in total. The summed E-state index contributed by atoms with van der Waals surface area (Å²) in [6, 6.07) is 9.31. The van der Waals surface area contributed by atoms with Gasteiger partial charge in [0.2, 0.25) is 5.91 Å². The quantitative estimate of drug-likeness (QED) is 0.906. The molecule has 0 bridgehead atoms. The Hall–Kier alpha value is -2.21. The van der Waals surface area contributed by atoms with Crippen LogP contribution in [0.4, 0.5) is 0 Å². The molecule has 6 heteroatoms. The smallest absolute Gasteiger partial charge is 0.253 e. The van der Waals surface area contributed by atoms with Crippen LogP contribution in [0.3, 0.4) is 0 Å². The van der Waals surface area contributed by atoms with E-state index in [2.05, 4.69) is 10.3 Å². The third kappa shape index (κ3) is 4.20. The fourth-order valence-corrected chi connectivity index (χ4v) is 3.52. The molecule has 1 N–H and O–H groups in total. The number of amides is 2. The van der Waals surface area contributed by atoms with Crippen molar-refractivity contribution in [2.24, 2.45) is 5.92 Å². The number of benzene rings is 1. The molecule has 1 fully saturated rings. The highest BCUT2D eigenvalue weighted by molar-refractivity contribution is 7.07. The Morgan fingerprint density at radius 1 is 1.21 bits per heavy atom. The van der Waals surface area contributed by atoms with E-state index in [1.165, 1.54) is 0 Å². The van der Waals surface area contributed by atoms with E-state index < -0.39 is 0 Å². The van der Waals surface area contributed by atoms with Gasteiger partial charge in [-0.3, -0.25) is 9.59 Å². The molecule has 0 atom stereocenters. The van der Waals surface area contributed by atoms with Gasteiger partial charge in [0.25, 0.3) is 5.91 Å². The van der Waals surface area contributed by atoms with Crippen molar-refractivity contribution in [2.45, 2.75) is 19.3 Å². The van der Waals surface area contributed by atoms with Crippen LogP contribution in [0.25, 0.3) is 0 Å².